The predicted molar refractivity (Wildman–Crippen MR) is 56.4 cm³/mol. The fourth-order valence-corrected chi connectivity index (χ4v) is 2.05. The van der Waals surface area contributed by atoms with Crippen LogP contribution in [0.15, 0.2) is 11.8 Å². The maximum atomic E-state index is 12.4. The number of carbonyl (C=O) groups is 1. The van der Waals surface area contributed by atoms with Crippen molar-refractivity contribution in [3.05, 3.63) is 11.8 Å². The first-order valence-electron chi connectivity index (χ1n) is 5.56. The molecule has 0 aromatic heterocycles. The summed E-state index contributed by atoms with van der Waals surface area (Å²) in [5.74, 6) is -1.93. The van der Waals surface area contributed by atoms with Crippen LogP contribution < -0.4 is 0 Å². The molecule has 0 aliphatic heterocycles. The van der Waals surface area contributed by atoms with Crippen LogP contribution in [0.1, 0.15) is 32.1 Å². The predicted octanol–water partition coefficient (Wildman–Crippen LogP) is 2.78. The smallest absolute Gasteiger partial charge is 0.424 e. The number of halogens is 3. The molecule has 17 heavy (non-hydrogen) atoms. The highest BCUT2D eigenvalue weighted by atomic mass is 19.4. The van der Waals surface area contributed by atoms with E-state index < -0.39 is 17.7 Å². The van der Waals surface area contributed by atoms with Gasteiger partial charge < -0.3 is 10.0 Å². The normalized spacial score (nSPS) is 19.2. The van der Waals surface area contributed by atoms with Gasteiger partial charge >= 0.3 is 12.1 Å². The fourth-order valence-electron chi connectivity index (χ4n) is 2.05. The van der Waals surface area contributed by atoms with E-state index in [-0.39, 0.29) is 6.04 Å². The van der Waals surface area contributed by atoms with Gasteiger partial charge in [-0.15, -0.1) is 0 Å². The maximum Gasteiger partial charge on any atom is 0.424 e. The van der Waals surface area contributed by atoms with Crippen LogP contribution in [0.2, 0.25) is 0 Å². The Morgan fingerprint density at radius 3 is 2.24 bits per heavy atom. The Labute approximate surface area is 97.9 Å². The number of nitrogens with zero attached hydrogens (tertiary/aromatic N) is 1. The molecule has 0 saturated heterocycles. The molecule has 0 atom stereocenters. The van der Waals surface area contributed by atoms with Gasteiger partial charge in [-0.1, -0.05) is 19.3 Å². The molecular formula is C11H16F3NO2. The molecule has 0 aromatic carbocycles. The minimum atomic E-state index is -4.81. The fraction of sp³-hybridized carbons (Fsp3) is 0.727. The summed E-state index contributed by atoms with van der Waals surface area (Å²) >= 11 is 0. The zero-order chi connectivity index (χ0) is 13.1. The lowest BCUT2D eigenvalue weighted by molar-refractivity contribution is -0.145. The Morgan fingerprint density at radius 2 is 1.82 bits per heavy atom. The van der Waals surface area contributed by atoms with Crippen molar-refractivity contribution in [1.29, 1.82) is 0 Å². The molecule has 6 heteroatoms. The molecule has 0 spiro atoms. The standard InChI is InChI=1S/C11H16F3NO2/c1-15(8-5-3-2-4-6-8)7-9(10(16)17)11(12,13)14/h7-8H,2-6H2,1H3,(H,16,17)/b9-7+. The van der Waals surface area contributed by atoms with Crippen LogP contribution in [0.3, 0.4) is 0 Å². The van der Waals surface area contributed by atoms with Crippen LogP contribution in [-0.2, 0) is 4.79 Å². The Morgan fingerprint density at radius 1 is 1.29 bits per heavy atom. The second kappa shape index (κ2) is 5.42. The Hall–Kier alpha value is -1.20. The molecule has 0 radical (unpaired) electrons. The maximum absolute atomic E-state index is 12.4. The van der Waals surface area contributed by atoms with Gasteiger partial charge in [-0.05, 0) is 12.8 Å². The molecule has 0 amide bonds. The van der Waals surface area contributed by atoms with Gasteiger partial charge in [0.05, 0.1) is 0 Å². The summed E-state index contributed by atoms with van der Waals surface area (Å²) in [7, 11) is 1.50. The third kappa shape index (κ3) is 3.94. The highest BCUT2D eigenvalue weighted by Crippen LogP contribution is 2.28. The van der Waals surface area contributed by atoms with Gasteiger partial charge in [0.1, 0.15) is 0 Å². The Bertz CT molecular complexity index is 306. The molecule has 1 fully saturated rings. The van der Waals surface area contributed by atoms with Crippen molar-refractivity contribution >= 4 is 5.97 Å². The minimum Gasteiger partial charge on any atom is -0.478 e. The van der Waals surface area contributed by atoms with Crippen molar-refractivity contribution in [2.45, 2.75) is 44.3 Å². The number of alkyl halides is 3. The molecule has 1 aliphatic rings. The van der Waals surface area contributed by atoms with E-state index in [1.165, 1.54) is 11.9 Å². The second-order valence-corrected chi connectivity index (χ2v) is 4.30. The van der Waals surface area contributed by atoms with Crippen molar-refractivity contribution in [3.63, 3.8) is 0 Å². The van der Waals surface area contributed by atoms with Crippen LogP contribution in [0, 0.1) is 0 Å². The van der Waals surface area contributed by atoms with Crippen LogP contribution in [0.25, 0.3) is 0 Å². The van der Waals surface area contributed by atoms with E-state index >= 15 is 0 Å². The second-order valence-electron chi connectivity index (χ2n) is 4.30. The third-order valence-electron chi connectivity index (χ3n) is 3.02. The molecular weight excluding hydrogens is 235 g/mol. The van der Waals surface area contributed by atoms with Crippen LogP contribution in [0.5, 0.6) is 0 Å². The van der Waals surface area contributed by atoms with E-state index in [0.717, 1.165) is 32.1 Å². The van der Waals surface area contributed by atoms with Gasteiger partial charge in [-0.3, -0.25) is 0 Å². The first-order chi connectivity index (χ1) is 7.82. The van der Waals surface area contributed by atoms with Gasteiger partial charge in [0.2, 0.25) is 0 Å². The van der Waals surface area contributed by atoms with E-state index in [4.69, 9.17) is 5.11 Å². The lowest BCUT2D eigenvalue weighted by Gasteiger charge is -2.30. The molecule has 1 saturated carbocycles. The number of hydrogen-bond donors (Lipinski definition) is 1. The highest BCUT2D eigenvalue weighted by Gasteiger charge is 2.39. The van der Waals surface area contributed by atoms with Crippen LogP contribution in [0.4, 0.5) is 13.2 Å². The molecule has 0 heterocycles. The SMILES string of the molecule is CN(/C=C(\C(=O)O)C(F)(F)F)C1CCCCC1. The third-order valence-corrected chi connectivity index (χ3v) is 3.02. The van der Waals surface area contributed by atoms with E-state index in [1.807, 2.05) is 0 Å². The quantitative estimate of drug-likeness (QED) is 0.784. The van der Waals surface area contributed by atoms with Gasteiger partial charge in [0, 0.05) is 19.3 Å². The number of hydrogen-bond acceptors (Lipinski definition) is 2. The summed E-state index contributed by atoms with van der Waals surface area (Å²) in [6.07, 6.45) is 0.593. The van der Waals surface area contributed by atoms with E-state index in [0.29, 0.717) is 6.20 Å². The molecule has 0 unspecified atom stereocenters. The lowest BCUT2D eigenvalue weighted by atomic mass is 9.94. The number of carboxylic acid groups (broad SMARTS) is 1. The topological polar surface area (TPSA) is 40.5 Å². The zero-order valence-corrected chi connectivity index (χ0v) is 9.63. The number of carboxylic acids is 1. The lowest BCUT2D eigenvalue weighted by Crippen LogP contribution is -2.32. The van der Waals surface area contributed by atoms with Crippen molar-refractivity contribution in [2.24, 2.45) is 0 Å². The van der Waals surface area contributed by atoms with Crippen LogP contribution >= 0.6 is 0 Å². The average molecular weight is 251 g/mol. The Balaban J connectivity index is 2.79. The summed E-state index contributed by atoms with van der Waals surface area (Å²) < 4.78 is 37.3. The number of aliphatic carboxylic acids is 1. The summed E-state index contributed by atoms with van der Waals surface area (Å²) in [5, 5.41) is 8.54. The highest BCUT2D eigenvalue weighted by molar-refractivity contribution is 5.87. The van der Waals surface area contributed by atoms with E-state index in [2.05, 4.69) is 0 Å². The minimum absolute atomic E-state index is 0.0143. The van der Waals surface area contributed by atoms with Crippen molar-refractivity contribution in [3.8, 4) is 0 Å². The van der Waals surface area contributed by atoms with Crippen molar-refractivity contribution < 1.29 is 23.1 Å². The van der Waals surface area contributed by atoms with Crippen LogP contribution in [-0.4, -0.2) is 35.2 Å². The largest absolute Gasteiger partial charge is 0.478 e. The van der Waals surface area contributed by atoms with E-state index in [9.17, 15) is 18.0 Å². The van der Waals surface area contributed by atoms with Gasteiger partial charge in [-0.25, -0.2) is 4.79 Å². The molecule has 1 N–H and O–H groups in total. The summed E-state index contributed by atoms with van der Waals surface area (Å²) in [5.41, 5.74) is -1.51. The van der Waals surface area contributed by atoms with Gasteiger partial charge in [0.25, 0.3) is 0 Å². The number of rotatable bonds is 3. The summed E-state index contributed by atoms with van der Waals surface area (Å²) in [4.78, 5) is 11.9. The first kappa shape index (κ1) is 13.9. The van der Waals surface area contributed by atoms with E-state index in [1.54, 1.807) is 0 Å². The molecule has 0 bridgehead atoms. The molecule has 1 rings (SSSR count). The Kier molecular flexibility index (Phi) is 4.42. The van der Waals surface area contributed by atoms with Crippen molar-refractivity contribution in [1.82, 2.24) is 4.90 Å². The monoisotopic (exact) mass is 251 g/mol. The molecule has 0 aromatic rings. The molecule has 3 nitrogen and oxygen atoms in total. The summed E-state index contributed by atoms with van der Waals surface area (Å²) in [6.45, 7) is 0. The van der Waals surface area contributed by atoms with Gasteiger partial charge in [-0.2, -0.15) is 13.2 Å². The van der Waals surface area contributed by atoms with Crippen molar-refractivity contribution in [2.75, 3.05) is 7.05 Å². The first-order valence-corrected chi connectivity index (χ1v) is 5.56. The zero-order valence-electron chi connectivity index (χ0n) is 9.63. The molecule has 98 valence electrons. The van der Waals surface area contributed by atoms with Gasteiger partial charge in [0.15, 0.2) is 5.57 Å². The molecule has 1 aliphatic carbocycles. The summed E-state index contributed by atoms with van der Waals surface area (Å²) in [6, 6.07) is 0.0143. The average Bonchev–Trinajstić information content (AvgIpc) is 2.24.